The molecule has 4 aromatic rings. The molecule has 0 amide bonds. The van der Waals surface area contributed by atoms with Gasteiger partial charge in [0.05, 0.1) is 11.9 Å². The van der Waals surface area contributed by atoms with Crippen LogP contribution in [0.15, 0.2) is 65.7 Å². The van der Waals surface area contributed by atoms with Crippen LogP contribution in [-0.2, 0) is 6.54 Å². The van der Waals surface area contributed by atoms with E-state index in [9.17, 15) is 4.79 Å². The number of nitrogens with zero attached hydrogens (tertiary/aromatic N) is 2. The first-order chi connectivity index (χ1) is 11.7. The molecule has 0 atom stereocenters. The zero-order valence-electron chi connectivity index (χ0n) is 12.6. The minimum Gasteiger partial charge on any atom is -0.323 e. The number of hydrogen-bond acceptors (Lipinski definition) is 4. The van der Waals surface area contributed by atoms with Gasteiger partial charge in [0, 0.05) is 17.3 Å². The normalized spacial score (nSPS) is 11.0. The van der Waals surface area contributed by atoms with Gasteiger partial charge in [0.2, 0.25) is 0 Å². The maximum atomic E-state index is 12.9. The zero-order chi connectivity index (χ0) is 16.5. The molecule has 3 heterocycles. The van der Waals surface area contributed by atoms with Crippen molar-refractivity contribution in [2.24, 2.45) is 0 Å². The Morgan fingerprint density at radius 1 is 1.17 bits per heavy atom. The molecule has 0 saturated heterocycles. The molecule has 4 nitrogen and oxygen atoms in total. The Bertz CT molecular complexity index is 1110. The molecule has 3 aromatic heterocycles. The lowest BCUT2D eigenvalue weighted by molar-refractivity contribution is 0.733. The third kappa shape index (κ3) is 2.70. The highest BCUT2D eigenvalue weighted by Gasteiger charge is 2.11. The second-order valence-corrected chi connectivity index (χ2v) is 6.84. The predicted octanol–water partition coefficient (Wildman–Crippen LogP) is 4.23. The Morgan fingerprint density at radius 2 is 2.00 bits per heavy atom. The molecule has 0 spiro atoms. The first-order valence-electron chi connectivity index (χ1n) is 7.43. The van der Waals surface area contributed by atoms with Gasteiger partial charge < -0.3 is 4.98 Å². The number of fused-ring (bicyclic) bond motifs is 1. The van der Waals surface area contributed by atoms with E-state index in [0.29, 0.717) is 16.7 Å². The van der Waals surface area contributed by atoms with Crippen LogP contribution in [0.3, 0.4) is 0 Å². The van der Waals surface area contributed by atoms with Gasteiger partial charge in [-0.15, -0.1) is 11.3 Å². The lowest BCUT2D eigenvalue weighted by atomic mass is 10.2. The SMILES string of the molecule is O=c1c2cc(-c3ccccc3)sc2[nH]c(=S)n1Cc1cccnc1. The Hall–Kier alpha value is -2.57. The van der Waals surface area contributed by atoms with Crippen molar-refractivity contribution in [3.8, 4) is 10.4 Å². The van der Waals surface area contributed by atoms with Gasteiger partial charge in [0.25, 0.3) is 5.56 Å². The van der Waals surface area contributed by atoms with Crippen LogP contribution >= 0.6 is 23.6 Å². The average molecular weight is 351 g/mol. The van der Waals surface area contributed by atoms with E-state index < -0.39 is 0 Å². The van der Waals surface area contributed by atoms with Crippen LogP contribution in [0.5, 0.6) is 0 Å². The van der Waals surface area contributed by atoms with Crippen LogP contribution in [0.2, 0.25) is 0 Å². The second kappa shape index (κ2) is 6.14. The summed E-state index contributed by atoms with van der Waals surface area (Å²) < 4.78 is 2.01. The van der Waals surface area contributed by atoms with Crippen LogP contribution < -0.4 is 5.56 Å². The average Bonchev–Trinajstić information content (AvgIpc) is 3.04. The van der Waals surface area contributed by atoms with E-state index in [1.165, 1.54) is 0 Å². The van der Waals surface area contributed by atoms with E-state index in [4.69, 9.17) is 12.2 Å². The van der Waals surface area contributed by atoms with Crippen LogP contribution in [0.25, 0.3) is 20.7 Å². The topological polar surface area (TPSA) is 50.7 Å². The summed E-state index contributed by atoms with van der Waals surface area (Å²) in [5, 5.41) is 0.663. The number of aromatic nitrogens is 3. The third-order valence-electron chi connectivity index (χ3n) is 3.80. The molecule has 0 fully saturated rings. The van der Waals surface area contributed by atoms with Crippen molar-refractivity contribution in [2.75, 3.05) is 0 Å². The number of nitrogens with one attached hydrogen (secondary N) is 1. The van der Waals surface area contributed by atoms with Crippen LogP contribution in [0.1, 0.15) is 5.56 Å². The number of hydrogen-bond donors (Lipinski definition) is 1. The maximum Gasteiger partial charge on any atom is 0.263 e. The van der Waals surface area contributed by atoms with Gasteiger partial charge in [0.15, 0.2) is 4.77 Å². The fourth-order valence-corrected chi connectivity index (χ4v) is 3.98. The molecule has 1 aromatic carbocycles. The predicted molar refractivity (Wildman–Crippen MR) is 100 cm³/mol. The van der Waals surface area contributed by atoms with Crippen molar-refractivity contribution in [1.82, 2.24) is 14.5 Å². The maximum absolute atomic E-state index is 12.9. The van der Waals surface area contributed by atoms with Crippen LogP contribution in [0.4, 0.5) is 0 Å². The first kappa shape index (κ1) is 15.0. The van der Waals surface area contributed by atoms with Crippen LogP contribution in [-0.4, -0.2) is 14.5 Å². The summed E-state index contributed by atoms with van der Waals surface area (Å²) in [5.41, 5.74) is 1.96. The molecule has 118 valence electrons. The summed E-state index contributed by atoms with van der Waals surface area (Å²) in [5.74, 6) is 0. The molecule has 1 N–H and O–H groups in total. The molecule has 0 bridgehead atoms. The first-order valence-corrected chi connectivity index (χ1v) is 8.66. The lowest BCUT2D eigenvalue weighted by Crippen LogP contribution is -2.22. The highest BCUT2D eigenvalue weighted by atomic mass is 32.1. The fraction of sp³-hybridized carbons (Fsp3) is 0.0556. The van der Waals surface area contributed by atoms with E-state index in [0.717, 1.165) is 20.8 Å². The Labute approximate surface area is 147 Å². The molecule has 24 heavy (non-hydrogen) atoms. The van der Waals surface area contributed by atoms with Crippen molar-refractivity contribution in [3.05, 3.63) is 81.6 Å². The molecule has 0 radical (unpaired) electrons. The zero-order valence-corrected chi connectivity index (χ0v) is 14.2. The molecule has 6 heteroatoms. The highest BCUT2D eigenvalue weighted by molar-refractivity contribution is 7.71. The van der Waals surface area contributed by atoms with Gasteiger partial charge >= 0.3 is 0 Å². The van der Waals surface area contributed by atoms with Gasteiger partial charge in [-0.2, -0.15) is 0 Å². The number of rotatable bonds is 3. The molecule has 4 rings (SSSR count). The number of aromatic amines is 1. The van der Waals surface area contributed by atoms with Gasteiger partial charge in [-0.1, -0.05) is 36.4 Å². The molecule has 0 aliphatic heterocycles. The summed E-state index contributed by atoms with van der Waals surface area (Å²) in [6.45, 7) is 0.411. The van der Waals surface area contributed by atoms with Gasteiger partial charge in [-0.05, 0) is 35.5 Å². The van der Waals surface area contributed by atoms with E-state index in [1.807, 2.05) is 48.5 Å². The van der Waals surface area contributed by atoms with Crippen molar-refractivity contribution in [1.29, 1.82) is 0 Å². The molecular formula is C18H13N3OS2. The molecule has 0 aliphatic carbocycles. The van der Waals surface area contributed by atoms with Crippen molar-refractivity contribution >= 4 is 33.8 Å². The number of H-pyrrole nitrogens is 1. The van der Waals surface area contributed by atoms with Crippen molar-refractivity contribution in [2.45, 2.75) is 6.54 Å². The monoisotopic (exact) mass is 351 g/mol. The standard InChI is InChI=1S/C18H13N3OS2/c22-17-14-9-15(13-6-2-1-3-7-13)24-16(14)20-18(23)21(17)11-12-5-4-8-19-10-12/h1-10H,11H2,(H,20,23). The lowest BCUT2D eigenvalue weighted by Gasteiger charge is -2.05. The number of thiophene rings is 1. The minimum absolute atomic E-state index is 0.0731. The van der Waals surface area contributed by atoms with E-state index >= 15 is 0 Å². The number of pyridine rings is 1. The summed E-state index contributed by atoms with van der Waals surface area (Å²) >= 11 is 6.93. The second-order valence-electron chi connectivity index (χ2n) is 5.40. The van der Waals surface area contributed by atoms with E-state index in [2.05, 4.69) is 9.97 Å². The minimum atomic E-state index is -0.0731. The Morgan fingerprint density at radius 3 is 2.75 bits per heavy atom. The quantitative estimate of drug-likeness (QED) is 0.562. The van der Waals surface area contributed by atoms with Gasteiger partial charge in [-0.25, -0.2) is 0 Å². The van der Waals surface area contributed by atoms with Crippen molar-refractivity contribution < 1.29 is 0 Å². The Balaban J connectivity index is 1.85. The van der Waals surface area contributed by atoms with Crippen molar-refractivity contribution in [3.63, 3.8) is 0 Å². The third-order valence-corrected chi connectivity index (χ3v) is 5.22. The van der Waals surface area contributed by atoms with Crippen LogP contribution in [0, 0.1) is 4.77 Å². The largest absolute Gasteiger partial charge is 0.323 e. The Kier molecular flexibility index (Phi) is 3.84. The molecule has 0 aliphatic rings. The molecular weight excluding hydrogens is 338 g/mol. The summed E-state index contributed by atoms with van der Waals surface area (Å²) in [4.78, 5) is 22.0. The fourth-order valence-electron chi connectivity index (χ4n) is 2.61. The molecule has 0 unspecified atom stereocenters. The summed E-state index contributed by atoms with van der Waals surface area (Å²) in [6.07, 6.45) is 3.45. The van der Waals surface area contributed by atoms with Gasteiger partial charge in [0.1, 0.15) is 4.83 Å². The van der Waals surface area contributed by atoms with Gasteiger partial charge in [-0.3, -0.25) is 14.3 Å². The smallest absolute Gasteiger partial charge is 0.263 e. The van der Waals surface area contributed by atoms with E-state index in [-0.39, 0.29) is 5.56 Å². The summed E-state index contributed by atoms with van der Waals surface area (Å²) in [7, 11) is 0. The number of benzene rings is 1. The van der Waals surface area contributed by atoms with E-state index in [1.54, 1.807) is 28.3 Å². The highest BCUT2D eigenvalue weighted by Crippen LogP contribution is 2.30. The molecule has 0 saturated carbocycles. The summed E-state index contributed by atoms with van der Waals surface area (Å²) in [6, 6.07) is 15.7.